The van der Waals surface area contributed by atoms with Crippen molar-refractivity contribution in [2.75, 3.05) is 0 Å². The first kappa shape index (κ1) is 13.9. The zero-order valence-electron chi connectivity index (χ0n) is 12.7. The molecule has 0 N–H and O–H groups in total. The van der Waals surface area contributed by atoms with Crippen molar-refractivity contribution in [2.24, 2.45) is 0 Å². The number of rotatable bonds is 4. The van der Waals surface area contributed by atoms with Gasteiger partial charge in [-0.1, -0.05) is 28.6 Å². The highest BCUT2D eigenvalue weighted by Gasteiger charge is 2.16. The van der Waals surface area contributed by atoms with E-state index < -0.39 is 0 Å². The molecule has 0 aliphatic heterocycles. The molecule has 0 radical (unpaired) electrons. The Bertz CT molecular complexity index is 805. The van der Waals surface area contributed by atoms with Crippen LogP contribution in [0.25, 0.3) is 11.4 Å². The van der Waals surface area contributed by atoms with Gasteiger partial charge in [0.25, 0.3) is 0 Å². The van der Waals surface area contributed by atoms with Crippen LogP contribution in [0, 0.1) is 0 Å². The molecule has 0 fully saturated rings. The third-order valence-corrected chi connectivity index (χ3v) is 4.05. The van der Waals surface area contributed by atoms with E-state index in [0.29, 0.717) is 12.5 Å². The summed E-state index contributed by atoms with van der Waals surface area (Å²) in [6, 6.07) is 7.61. The SMILES string of the molecule is C1=CCC(c2cn(Cc3cc(-c4ccccn4)no3)nn2)CC1. The van der Waals surface area contributed by atoms with Crippen molar-refractivity contribution in [3.63, 3.8) is 0 Å². The minimum absolute atomic E-state index is 0.479. The van der Waals surface area contributed by atoms with Gasteiger partial charge in [-0.05, 0) is 31.4 Å². The maximum Gasteiger partial charge on any atom is 0.158 e. The van der Waals surface area contributed by atoms with Gasteiger partial charge in [-0.3, -0.25) is 4.98 Å². The summed E-state index contributed by atoms with van der Waals surface area (Å²) in [5.41, 5.74) is 2.59. The topological polar surface area (TPSA) is 69.6 Å². The van der Waals surface area contributed by atoms with Gasteiger partial charge in [0.05, 0.1) is 11.4 Å². The first-order chi connectivity index (χ1) is 11.4. The largest absolute Gasteiger partial charge is 0.359 e. The van der Waals surface area contributed by atoms with Crippen LogP contribution in [0.4, 0.5) is 0 Å². The van der Waals surface area contributed by atoms with Gasteiger partial charge >= 0.3 is 0 Å². The standard InChI is InChI=1S/C17H17N5O/c1-2-6-13(7-3-1)17-12-22(21-19-17)11-14-10-16(20-23-14)15-8-4-5-9-18-15/h1-2,4-5,8-10,12-13H,3,6-7,11H2. The fraction of sp³-hybridized carbons (Fsp3) is 0.294. The Morgan fingerprint density at radius 2 is 2.22 bits per heavy atom. The van der Waals surface area contributed by atoms with E-state index in [1.165, 1.54) is 0 Å². The third-order valence-electron chi connectivity index (χ3n) is 4.05. The van der Waals surface area contributed by atoms with E-state index in [1.54, 1.807) is 10.9 Å². The van der Waals surface area contributed by atoms with Crippen LogP contribution in [-0.2, 0) is 6.54 Å². The molecular formula is C17H17N5O. The molecule has 3 heterocycles. The van der Waals surface area contributed by atoms with Crippen molar-refractivity contribution in [3.05, 3.63) is 60.3 Å². The Morgan fingerprint density at radius 3 is 3.04 bits per heavy atom. The van der Waals surface area contributed by atoms with E-state index in [2.05, 4.69) is 32.6 Å². The lowest BCUT2D eigenvalue weighted by molar-refractivity contribution is 0.371. The summed E-state index contributed by atoms with van der Waals surface area (Å²) in [7, 11) is 0. The summed E-state index contributed by atoms with van der Waals surface area (Å²) in [5, 5.41) is 12.6. The molecule has 4 rings (SSSR count). The van der Waals surface area contributed by atoms with Crippen LogP contribution >= 0.6 is 0 Å². The zero-order chi connectivity index (χ0) is 15.5. The summed E-state index contributed by atoms with van der Waals surface area (Å²) >= 11 is 0. The fourth-order valence-corrected chi connectivity index (χ4v) is 2.82. The highest BCUT2D eigenvalue weighted by atomic mass is 16.5. The first-order valence-electron chi connectivity index (χ1n) is 7.80. The molecule has 6 nitrogen and oxygen atoms in total. The summed E-state index contributed by atoms with van der Waals surface area (Å²) in [5.74, 6) is 1.22. The van der Waals surface area contributed by atoms with Crippen molar-refractivity contribution in [1.82, 2.24) is 25.1 Å². The molecule has 1 aliphatic carbocycles. The lowest BCUT2D eigenvalue weighted by atomic mass is 9.92. The van der Waals surface area contributed by atoms with Crippen molar-refractivity contribution < 1.29 is 4.52 Å². The van der Waals surface area contributed by atoms with Crippen molar-refractivity contribution in [3.8, 4) is 11.4 Å². The van der Waals surface area contributed by atoms with Crippen molar-refractivity contribution in [1.29, 1.82) is 0 Å². The molecule has 0 spiro atoms. The van der Waals surface area contributed by atoms with Gasteiger partial charge in [0, 0.05) is 24.4 Å². The Morgan fingerprint density at radius 1 is 1.22 bits per heavy atom. The fourth-order valence-electron chi connectivity index (χ4n) is 2.82. The molecule has 1 aliphatic rings. The summed E-state index contributed by atoms with van der Waals surface area (Å²) in [6.45, 7) is 0.523. The molecule has 0 saturated heterocycles. The first-order valence-corrected chi connectivity index (χ1v) is 7.80. The molecule has 3 aromatic rings. The molecule has 0 aromatic carbocycles. The third kappa shape index (κ3) is 3.06. The highest BCUT2D eigenvalue weighted by Crippen LogP contribution is 2.27. The van der Waals surface area contributed by atoms with Gasteiger partial charge in [0.1, 0.15) is 12.2 Å². The van der Waals surface area contributed by atoms with Gasteiger partial charge in [-0.25, -0.2) is 4.68 Å². The summed E-state index contributed by atoms with van der Waals surface area (Å²) < 4.78 is 7.19. The molecule has 0 bridgehead atoms. The van der Waals surface area contributed by atoms with Crippen LogP contribution in [0.5, 0.6) is 0 Å². The molecule has 0 amide bonds. The van der Waals surface area contributed by atoms with Crippen LogP contribution in [0.2, 0.25) is 0 Å². The van der Waals surface area contributed by atoms with Crippen molar-refractivity contribution in [2.45, 2.75) is 31.7 Å². The van der Waals surface area contributed by atoms with Gasteiger partial charge in [-0.15, -0.1) is 5.10 Å². The smallest absolute Gasteiger partial charge is 0.158 e. The minimum Gasteiger partial charge on any atom is -0.359 e. The number of nitrogens with zero attached hydrogens (tertiary/aromatic N) is 5. The highest BCUT2D eigenvalue weighted by molar-refractivity contribution is 5.52. The monoisotopic (exact) mass is 307 g/mol. The number of aromatic nitrogens is 5. The lowest BCUT2D eigenvalue weighted by Crippen LogP contribution is -2.01. The van der Waals surface area contributed by atoms with Crippen LogP contribution in [0.3, 0.4) is 0 Å². The predicted molar refractivity (Wildman–Crippen MR) is 84.6 cm³/mol. The molecule has 3 aromatic heterocycles. The molecule has 0 saturated carbocycles. The van der Waals surface area contributed by atoms with E-state index in [4.69, 9.17) is 4.52 Å². The van der Waals surface area contributed by atoms with Crippen LogP contribution in [0.15, 0.2) is 53.3 Å². The quantitative estimate of drug-likeness (QED) is 0.692. The number of allylic oxidation sites excluding steroid dienone is 2. The van der Waals surface area contributed by atoms with Crippen LogP contribution < -0.4 is 0 Å². The molecule has 1 unspecified atom stereocenters. The summed E-state index contributed by atoms with van der Waals surface area (Å²) in [4.78, 5) is 4.27. The normalized spacial score (nSPS) is 17.5. The predicted octanol–water partition coefficient (Wildman–Crippen LogP) is 3.20. The van der Waals surface area contributed by atoms with Gasteiger partial charge in [-0.2, -0.15) is 0 Å². The molecular weight excluding hydrogens is 290 g/mol. The Hall–Kier alpha value is -2.76. The Balaban J connectivity index is 1.47. The van der Waals surface area contributed by atoms with E-state index >= 15 is 0 Å². The molecule has 116 valence electrons. The lowest BCUT2D eigenvalue weighted by Gasteiger charge is -2.13. The Labute approximate surface area is 133 Å². The average Bonchev–Trinajstić information content (AvgIpc) is 3.27. The second-order valence-electron chi connectivity index (χ2n) is 5.72. The number of pyridine rings is 1. The number of hydrogen-bond donors (Lipinski definition) is 0. The Kier molecular flexibility index (Phi) is 3.71. The second-order valence-corrected chi connectivity index (χ2v) is 5.72. The zero-order valence-corrected chi connectivity index (χ0v) is 12.7. The molecule has 1 atom stereocenters. The second kappa shape index (κ2) is 6.16. The average molecular weight is 307 g/mol. The van der Waals surface area contributed by atoms with Gasteiger partial charge < -0.3 is 4.52 Å². The van der Waals surface area contributed by atoms with Crippen molar-refractivity contribution >= 4 is 0 Å². The van der Waals surface area contributed by atoms with E-state index in [9.17, 15) is 0 Å². The van der Waals surface area contributed by atoms with E-state index in [1.807, 2.05) is 30.5 Å². The van der Waals surface area contributed by atoms with Gasteiger partial charge in [0.15, 0.2) is 5.76 Å². The maximum atomic E-state index is 5.39. The van der Waals surface area contributed by atoms with E-state index in [0.717, 1.165) is 42.1 Å². The van der Waals surface area contributed by atoms with Crippen LogP contribution in [-0.4, -0.2) is 25.1 Å². The number of hydrogen-bond acceptors (Lipinski definition) is 5. The maximum absolute atomic E-state index is 5.39. The van der Waals surface area contributed by atoms with E-state index in [-0.39, 0.29) is 0 Å². The summed E-state index contributed by atoms with van der Waals surface area (Å²) in [6.07, 6.45) is 11.5. The molecule has 6 heteroatoms. The van der Waals surface area contributed by atoms with Gasteiger partial charge in [0.2, 0.25) is 0 Å². The minimum atomic E-state index is 0.479. The molecule has 23 heavy (non-hydrogen) atoms. The van der Waals surface area contributed by atoms with Crippen LogP contribution in [0.1, 0.15) is 36.6 Å².